The highest BCUT2D eigenvalue weighted by Crippen LogP contribution is 2.31. The van der Waals surface area contributed by atoms with Gasteiger partial charge in [0.2, 0.25) is 0 Å². The van der Waals surface area contributed by atoms with Crippen LogP contribution in [0.25, 0.3) is 10.8 Å². The summed E-state index contributed by atoms with van der Waals surface area (Å²) in [5.41, 5.74) is -0.425. The number of nitro groups is 2. The lowest BCUT2D eigenvalue weighted by molar-refractivity contribution is -0.393. The highest BCUT2D eigenvalue weighted by atomic mass is 16.6. The molecule has 0 spiro atoms. The van der Waals surface area contributed by atoms with Gasteiger partial charge < -0.3 is 0 Å². The number of carbonyl (C=O) groups excluding carboxylic acids is 1. The summed E-state index contributed by atoms with van der Waals surface area (Å²) in [5, 5.41) is 22.1. The summed E-state index contributed by atoms with van der Waals surface area (Å²) in [6, 6.07) is 6.32. The molecule has 0 aliphatic heterocycles. The van der Waals surface area contributed by atoms with E-state index in [4.69, 9.17) is 0 Å². The minimum Gasteiger partial charge on any atom is -0.298 e. The van der Waals surface area contributed by atoms with Crippen LogP contribution in [-0.4, -0.2) is 16.1 Å². The number of nitrogens with zero attached hydrogens (tertiary/aromatic N) is 2. The summed E-state index contributed by atoms with van der Waals surface area (Å²) < 4.78 is 0. The number of non-ortho nitro benzene ring substituents is 2. The van der Waals surface area contributed by atoms with E-state index in [1.165, 1.54) is 24.3 Å². The molecule has 18 heavy (non-hydrogen) atoms. The van der Waals surface area contributed by atoms with E-state index in [1.807, 2.05) is 0 Å². The van der Waals surface area contributed by atoms with Crippen molar-refractivity contribution in [1.82, 2.24) is 0 Å². The van der Waals surface area contributed by atoms with Gasteiger partial charge in [0.25, 0.3) is 11.4 Å². The van der Waals surface area contributed by atoms with Crippen molar-refractivity contribution in [2.45, 2.75) is 0 Å². The quantitative estimate of drug-likeness (QED) is 0.470. The van der Waals surface area contributed by atoms with Gasteiger partial charge in [0.15, 0.2) is 0 Å². The summed E-state index contributed by atoms with van der Waals surface area (Å²) >= 11 is 0. The first-order valence-electron chi connectivity index (χ1n) is 4.84. The standard InChI is InChI=1S/C11H6N2O5/c14-6-7-1-2-10-8(3-7)4-9(12(15)16)5-11(10)13(17)18/h1-6H. The predicted octanol–water partition coefficient (Wildman–Crippen LogP) is 2.47. The zero-order valence-corrected chi connectivity index (χ0v) is 8.90. The molecule has 0 aromatic heterocycles. The molecule has 0 N–H and O–H groups in total. The van der Waals surface area contributed by atoms with E-state index >= 15 is 0 Å². The minimum absolute atomic E-state index is 0.260. The largest absolute Gasteiger partial charge is 0.298 e. The lowest BCUT2D eigenvalue weighted by Gasteiger charge is -2.01. The Bertz CT molecular complexity index is 680. The number of benzene rings is 2. The fraction of sp³-hybridized carbons (Fsp3) is 0. The Kier molecular flexibility index (Phi) is 2.72. The predicted molar refractivity (Wildman–Crippen MR) is 62.6 cm³/mol. The van der Waals surface area contributed by atoms with Crippen LogP contribution >= 0.6 is 0 Å². The van der Waals surface area contributed by atoms with Crippen LogP contribution in [0.3, 0.4) is 0 Å². The molecule has 0 saturated carbocycles. The van der Waals surface area contributed by atoms with Crippen LogP contribution in [0.2, 0.25) is 0 Å². The third-order valence-electron chi connectivity index (χ3n) is 2.48. The first-order valence-corrected chi connectivity index (χ1v) is 4.84. The number of fused-ring (bicyclic) bond motifs is 1. The summed E-state index contributed by atoms with van der Waals surface area (Å²) in [4.78, 5) is 30.8. The molecule has 0 heterocycles. The third kappa shape index (κ3) is 1.88. The van der Waals surface area contributed by atoms with Crippen LogP contribution in [0.5, 0.6) is 0 Å². The van der Waals surface area contributed by atoms with Crippen molar-refractivity contribution in [1.29, 1.82) is 0 Å². The molecule has 0 amide bonds. The summed E-state index contributed by atoms with van der Waals surface area (Å²) in [6.07, 6.45) is 0.574. The Hall–Kier alpha value is -2.83. The first kappa shape index (κ1) is 11.6. The second-order valence-electron chi connectivity index (χ2n) is 3.58. The normalized spacial score (nSPS) is 10.2. The number of nitro benzene ring substituents is 2. The highest BCUT2D eigenvalue weighted by molar-refractivity contribution is 5.96. The van der Waals surface area contributed by atoms with E-state index in [2.05, 4.69) is 0 Å². The fourth-order valence-corrected chi connectivity index (χ4v) is 1.68. The molecule has 7 heteroatoms. The molecule has 0 radical (unpaired) electrons. The number of aldehydes is 1. The van der Waals surface area contributed by atoms with Gasteiger partial charge >= 0.3 is 0 Å². The molecule has 0 fully saturated rings. The Morgan fingerprint density at radius 2 is 1.72 bits per heavy atom. The zero-order chi connectivity index (χ0) is 13.3. The molecule has 2 aromatic carbocycles. The lowest BCUT2D eigenvalue weighted by atomic mass is 10.1. The highest BCUT2D eigenvalue weighted by Gasteiger charge is 2.19. The van der Waals surface area contributed by atoms with Crippen LogP contribution in [0.4, 0.5) is 11.4 Å². The van der Waals surface area contributed by atoms with Gasteiger partial charge in [0.05, 0.1) is 21.3 Å². The van der Waals surface area contributed by atoms with E-state index < -0.39 is 9.85 Å². The van der Waals surface area contributed by atoms with Crippen LogP contribution in [0, 0.1) is 20.2 Å². The second kappa shape index (κ2) is 4.21. The maximum atomic E-state index is 10.9. The zero-order valence-electron chi connectivity index (χ0n) is 8.90. The van der Waals surface area contributed by atoms with Gasteiger partial charge in [-0.25, -0.2) is 0 Å². The summed E-state index contributed by atoms with van der Waals surface area (Å²) in [7, 11) is 0. The summed E-state index contributed by atoms with van der Waals surface area (Å²) in [5.74, 6) is 0. The maximum Gasteiger partial charge on any atom is 0.284 e. The first-order chi connectivity index (χ1) is 8.52. The van der Waals surface area contributed by atoms with E-state index in [1.54, 1.807) is 0 Å². The van der Waals surface area contributed by atoms with Crippen molar-refractivity contribution in [2.24, 2.45) is 0 Å². The van der Waals surface area contributed by atoms with Gasteiger partial charge in [-0.15, -0.1) is 0 Å². The van der Waals surface area contributed by atoms with Gasteiger partial charge in [-0.2, -0.15) is 0 Å². The van der Waals surface area contributed by atoms with E-state index in [0.29, 0.717) is 17.2 Å². The maximum absolute atomic E-state index is 10.9. The Morgan fingerprint density at radius 3 is 2.28 bits per heavy atom. The van der Waals surface area contributed by atoms with Crippen molar-refractivity contribution in [3.05, 3.63) is 56.1 Å². The van der Waals surface area contributed by atoms with Crippen molar-refractivity contribution >= 4 is 28.4 Å². The average molecular weight is 246 g/mol. The molecule has 90 valence electrons. The van der Waals surface area contributed by atoms with Crippen molar-refractivity contribution in [3.63, 3.8) is 0 Å². The van der Waals surface area contributed by atoms with Crippen LogP contribution in [0.1, 0.15) is 10.4 Å². The van der Waals surface area contributed by atoms with Gasteiger partial charge in [-0.1, -0.05) is 6.07 Å². The molecule has 0 aliphatic carbocycles. The number of carbonyl (C=O) groups is 1. The van der Waals surface area contributed by atoms with Gasteiger partial charge in [0, 0.05) is 11.6 Å². The van der Waals surface area contributed by atoms with Crippen LogP contribution in [0.15, 0.2) is 30.3 Å². The smallest absolute Gasteiger partial charge is 0.284 e. The van der Waals surface area contributed by atoms with Gasteiger partial charge in [0.1, 0.15) is 6.29 Å². The second-order valence-corrected chi connectivity index (χ2v) is 3.58. The molecule has 0 bridgehead atoms. The topological polar surface area (TPSA) is 103 Å². The third-order valence-corrected chi connectivity index (χ3v) is 2.48. The Labute approximate surface area is 99.9 Å². The van der Waals surface area contributed by atoms with E-state index in [0.717, 1.165) is 6.07 Å². The van der Waals surface area contributed by atoms with E-state index in [9.17, 15) is 25.0 Å². The van der Waals surface area contributed by atoms with Crippen LogP contribution < -0.4 is 0 Å². The van der Waals surface area contributed by atoms with Crippen molar-refractivity contribution in [2.75, 3.05) is 0 Å². The molecule has 0 unspecified atom stereocenters. The molecule has 0 saturated heterocycles. The number of hydrogen-bond acceptors (Lipinski definition) is 5. The SMILES string of the molecule is O=Cc1ccc2c([N+](=O)[O-])cc([N+](=O)[O-])cc2c1. The van der Waals surface area contributed by atoms with Gasteiger partial charge in [-0.3, -0.25) is 25.0 Å². The van der Waals surface area contributed by atoms with Crippen molar-refractivity contribution in [3.8, 4) is 0 Å². The average Bonchev–Trinajstić information content (AvgIpc) is 2.36. The molecule has 0 atom stereocenters. The summed E-state index contributed by atoms with van der Waals surface area (Å²) in [6.45, 7) is 0. The molecular weight excluding hydrogens is 240 g/mol. The Morgan fingerprint density at radius 1 is 1.00 bits per heavy atom. The molecular formula is C11H6N2O5. The number of hydrogen-bond donors (Lipinski definition) is 0. The van der Waals surface area contributed by atoms with Crippen LogP contribution in [-0.2, 0) is 0 Å². The number of rotatable bonds is 3. The molecule has 7 nitrogen and oxygen atoms in total. The van der Waals surface area contributed by atoms with E-state index in [-0.39, 0.29) is 16.8 Å². The Balaban J connectivity index is 2.84. The molecule has 2 rings (SSSR count). The van der Waals surface area contributed by atoms with Gasteiger partial charge in [-0.05, 0) is 17.5 Å². The minimum atomic E-state index is -0.708. The monoisotopic (exact) mass is 246 g/mol. The molecule has 0 aliphatic rings. The lowest BCUT2D eigenvalue weighted by Crippen LogP contribution is -1.94. The fourth-order valence-electron chi connectivity index (χ4n) is 1.68. The molecule has 2 aromatic rings. The van der Waals surface area contributed by atoms with Crippen molar-refractivity contribution < 1.29 is 14.6 Å².